The Balaban J connectivity index is 2.11. The van der Waals surface area contributed by atoms with E-state index in [1.54, 1.807) is 35.3 Å². The minimum absolute atomic E-state index is 0.0880. The Bertz CT molecular complexity index is 788. The summed E-state index contributed by atoms with van der Waals surface area (Å²) in [7, 11) is 0. The van der Waals surface area contributed by atoms with Crippen molar-refractivity contribution in [3.8, 4) is 6.07 Å². The smallest absolute Gasteiger partial charge is 0.247 e. The van der Waals surface area contributed by atoms with Crippen molar-refractivity contribution >= 4 is 27.9 Å². The van der Waals surface area contributed by atoms with Crippen molar-refractivity contribution in [1.82, 2.24) is 4.90 Å². The van der Waals surface area contributed by atoms with E-state index in [-0.39, 0.29) is 5.91 Å². The van der Waals surface area contributed by atoms with Gasteiger partial charge in [0.25, 0.3) is 0 Å². The first-order chi connectivity index (χ1) is 11.6. The summed E-state index contributed by atoms with van der Waals surface area (Å²) in [5, 5.41) is 8.84. The van der Waals surface area contributed by atoms with Gasteiger partial charge in [0, 0.05) is 23.6 Å². The average Bonchev–Trinajstić information content (AvgIpc) is 2.61. The molecular weight excluding hydrogens is 364 g/mol. The Hall–Kier alpha value is -2.64. The minimum Gasteiger partial charge on any atom is -0.331 e. The molecule has 0 atom stereocenters. The molecular formula is C20H17BrN2O. The van der Waals surface area contributed by atoms with Crippen LogP contribution in [0.4, 0.5) is 0 Å². The molecule has 0 aliphatic rings. The van der Waals surface area contributed by atoms with Gasteiger partial charge in [-0.2, -0.15) is 5.26 Å². The van der Waals surface area contributed by atoms with Crippen LogP contribution in [0.1, 0.15) is 16.7 Å². The first-order valence-electron chi connectivity index (χ1n) is 7.45. The zero-order valence-corrected chi connectivity index (χ0v) is 14.7. The lowest BCUT2D eigenvalue weighted by atomic mass is 10.1. The van der Waals surface area contributed by atoms with Crippen molar-refractivity contribution in [3.63, 3.8) is 0 Å². The van der Waals surface area contributed by atoms with Crippen LogP contribution >= 0.6 is 15.9 Å². The van der Waals surface area contributed by atoms with Gasteiger partial charge >= 0.3 is 0 Å². The molecule has 0 bridgehead atoms. The highest BCUT2D eigenvalue weighted by atomic mass is 79.9. The summed E-state index contributed by atoms with van der Waals surface area (Å²) in [5.74, 6) is -0.0880. The van der Waals surface area contributed by atoms with Gasteiger partial charge in [-0.05, 0) is 35.4 Å². The van der Waals surface area contributed by atoms with Crippen LogP contribution in [-0.4, -0.2) is 17.4 Å². The summed E-state index contributed by atoms with van der Waals surface area (Å²) in [6, 6.07) is 17.0. The fourth-order valence-electron chi connectivity index (χ4n) is 2.17. The van der Waals surface area contributed by atoms with E-state index in [1.807, 2.05) is 36.4 Å². The predicted molar refractivity (Wildman–Crippen MR) is 99.9 cm³/mol. The van der Waals surface area contributed by atoms with Crippen LogP contribution in [-0.2, 0) is 11.3 Å². The number of nitrogens with zero attached hydrogens (tertiary/aromatic N) is 2. The van der Waals surface area contributed by atoms with E-state index in [0.717, 1.165) is 15.6 Å². The fourth-order valence-corrected chi connectivity index (χ4v) is 2.59. The molecule has 2 aromatic carbocycles. The quantitative estimate of drug-likeness (QED) is 0.544. The van der Waals surface area contributed by atoms with Gasteiger partial charge in [-0.1, -0.05) is 52.3 Å². The van der Waals surface area contributed by atoms with Gasteiger partial charge < -0.3 is 4.90 Å². The molecule has 0 saturated carbocycles. The van der Waals surface area contributed by atoms with Crippen LogP contribution in [0.15, 0.2) is 71.7 Å². The molecule has 0 aromatic heterocycles. The molecule has 0 radical (unpaired) electrons. The van der Waals surface area contributed by atoms with Gasteiger partial charge in [-0.25, -0.2) is 0 Å². The van der Waals surface area contributed by atoms with Crippen LogP contribution in [0.25, 0.3) is 6.08 Å². The van der Waals surface area contributed by atoms with Crippen molar-refractivity contribution in [3.05, 3.63) is 88.4 Å². The number of rotatable bonds is 6. The van der Waals surface area contributed by atoms with E-state index in [4.69, 9.17) is 5.26 Å². The molecule has 3 nitrogen and oxygen atoms in total. The molecule has 0 N–H and O–H groups in total. The van der Waals surface area contributed by atoms with E-state index < -0.39 is 0 Å². The second kappa shape index (κ2) is 8.85. The monoisotopic (exact) mass is 380 g/mol. The van der Waals surface area contributed by atoms with Crippen LogP contribution in [0.3, 0.4) is 0 Å². The Labute approximate surface area is 150 Å². The average molecular weight is 381 g/mol. The molecule has 4 heteroatoms. The normalized spacial score (nSPS) is 10.3. The number of hydrogen-bond donors (Lipinski definition) is 0. The lowest BCUT2D eigenvalue weighted by molar-refractivity contribution is -0.126. The van der Waals surface area contributed by atoms with Crippen molar-refractivity contribution in [2.45, 2.75) is 6.54 Å². The first kappa shape index (κ1) is 17.7. The van der Waals surface area contributed by atoms with Crippen molar-refractivity contribution < 1.29 is 4.79 Å². The van der Waals surface area contributed by atoms with Crippen LogP contribution in [0, 0.1) is 11.3 Å². The van der Waals surface area contributed by atoms with E-state index in [9.17, 15) is 4.79 Å². The summed E-state index contributed by atoms with van der Waals surface area (Å²) in [6.45, 7) is 4.64. The Morgan fingerprint density at radius 3 is 2.54 bits per heavy atom. The van der Waals surface area contributed by atoms with Crippen LogP contribution in [0.5, 0.6) is 0 Å². The zero-order valence-electron chi connectivity index (χ0n) is 13.2. The molecule has 2 rings (SSSR count). The third-order valence-corrected chi connectivity index (χ3v) is 4.15. The second-order valence-electron chi connectivity index (χ2n) is 5.17. The Morgan fingerprint density at radius 2 is 1.92 bits per heavy atom. The third-order valence-electron chi connectivity index (χ3n) is 3.43. The summed E-state index contributed by atoms with van der Waals surface area (Å²) in [4.78, 5) is 14.2. The molecule has 2 aromatic rings. The molecule has 0 unspecified atom stereocenters. The highest BCUT2D eigenvalue weighted by molar-refractivity contribution is 9.10. The van der Waals surface area contributed by atoms with Crippen molar-refractivity contribution in [2.75, 3.05) is 6.54 Å². The maximum Gasteiger partial charge on any atom is 0.247 e. The van der Waals surface area contributed by atoms with E-state index in [0.29, 0.717) is 18.7 Å². The topological polar surface area (TPSA) is 44.1 Å². The summed E-state index contributed by atoms with van der Waals surface area (Å²) in [6.07, 6.45) is 5.06. The number of nitriles is 1. The maximum absolute atomic E-state index is 12.5. The Kier molecular flexibility index (Phi) is 6.53. The van der Waals surface area contributed by atoms with Gasteiger partial charge in [-0.15, -0.1) is 6.58 Å². The predicted octanol–water partition coefficient (Wildman–Crippen LogP) is 4.55. The van der Waals surface area contributed by atoms with Gasteiger partial charge in [0.1, 0.15) is 0 Å². The minimum atomic E-state index is -0.0880. The van der Waals surface area contributed by atoms with E-state index >= 15 is 0 Å². The molecule has 0 fully saturated rings. The van der Waals surface area contributed by atoms with Crippen molar-refractivity contribution in [2.24, 2.45) is 0 Å². The standard InChI is InChI=1S/C20H17BrN2O/c1-2-13-23(15-17-9-7-16(14-22)8-10-17)20(24)12-11-18-5-3-4-6-19(18)21/h2-12H,1,13,15H2/b12-11+. The molecule has 0 heterocycles. The lowest BCUT2D eigenvalue weighted by Crippen LogP contribution is -2.29. The largest absolute Gasteiger partial charge is 0.331 e. The number of hydrogen-bond acceptors (Lipinski definition) is 2. The SMILES string of the molecule is C=CCN(Cc1ccc(C#N)cc1)C(=O)/C=C/c1ccccc1Br. The highest BCUT2D eigenvalue weighted by Crippen LogP contribution is 2.17. The number of halogens is 1. The van der Waals surface area contributed by atoms with Gasteiger partial charge in [0.05, 0.1) is 11.6 Å². The number of carbonyl (C=O) groups excluding carboxylic acids is 1. The summed E-state index contributed by atoms with van der Waals surface area (Å²) >= 11 is 3.46. The molecule has 0 saturated heterocycles. The third kappa shape index (κ3) is 4.94. The number of amides is 1. The first-order valence-corrected chi connectivity index (χ1v) is 8.25. The number of carbonyl (C=O) groups is 1. The van der Waals surface area contributed by atoms with Gasteiger partial charge in [0.15, 0.2) is 0 Å². The highest BCUT2D eigenvalue weighted by Gasteiger charge is 2.10. The lowest BCUT2D eigenvalue weighted by Gasteiger charge is -2.19. The van der Waals surface area contributed by atoms with Gasteiger partial charge in [-0.3, -0.25) is 4.79 Å². The van der Waals surface area contributed by atoms with Crippen molar-refractivity contribution in [1.29, 1.82) is 5.26 Å². The Morgan fingerprint density at radius 1 is 1.21 bits per heavy atom. The molecule has 0 aliphatic heterocycles. The van der Waals surface area contributed by atoms with E-state index in [2.05, 4.69) is 28.6 Å². The molecule has 24 heavy (non-hydrogen) atoms. The number of benzene rings is 2. The molecule has 0 spiro atoms. The summed E-state index contributed by atoms with van der Waals surface area (Å²) in [5.41, 5.74) is 2.52. The maximum atomic E-state index is 12.5. The van der Waals surface area contributed by atoms with Crippen LogP contribution in [0.2, 0.25) is 0 Å². The summed E-state index contributed by atoms with van der Waals surface area (Å²) < 4.78 is 0.941. The zero-order chi connectivity index (χ0) is 17.4. The van der Waals surface area contributed by atoms with E-state index in [1.165, 1.54) is 0 Å². The molecule has 120 valence electrons. The van der Waals surface area contributed by atoms with Gasteiger partial charge in [0.2, 0.25) is 5.91 Å². The molecule has 0 aliphatic carbocycles. The van der Waals surface area contributed by atoms with Crippen LogP contribution < -0.4 is 0 Å². The second-order valence-corrected chi connectivity index (χ2v) is 6.03. The molecule has 1 amide bonds. The fraction of sp³-hybridized carbons (Fsp3) is 0.100.